The molecule has 0 aromatic heterocycles. The normalized spacial score (nSPS) is 14.6. The summed E-state index contributed by atoms with van der Waals surface area (Å²) in [5, 5.41) is 3.68. The number of aryl methyl sites for hydroxylation is 1. The molecule has 2 unspecified atom stereocenters. The molecule has 0 aliphatic carbocycles. The Kier molecular flexibility index (Phi) is 6.21. The highest BCUT2D eigenvalue weighted by atomic mass is 79.9. The first-order valence-corrected chi connectivity index (χ1v) is 7.38. The summed E-state index contributed by atoms with van der Waals surface area (Å²) in [5.41, 5.74) is 2.81. The van der Waals surface area contributed by atoms with Gasteiger partial charge in [0.25, 0.3) is 0 Å². The predicted molar refractivity (Wildman–Crippen MR) is 79.4 cm³/mol. The second-order valence-electron chi connectivity index (χ2n) is 4.82. The van der Waals surface area contributed by atoms with E-state index in [0.29, 0.717) is 12.0 Å². The molecule has 2 heteroatoms. The van der Waals surface area contributed by atoms with Crippen LogP contribution >= 0.6 is 15.9 Å². The van der Waals surface area contributed by atoms with Crippen molar-refractivity contribution in [2.75, 3.05) is 6.54 Å². The Morgan fingerprint density at radius 1 is 1.29 bits per heavy atom. The molecular formula is C15H24BrN. The highest BCUT2D eigenvalue weighted by Crippen LogP contribution is 2.28. The summed E-state index contributed by atoms with van der Waals surface area (Å²) in [6.45, 7) is 10.1. The Morgan fingerprint density at radius 3 is 2.53 bits per heavy atom. The van der Waals surface area contributed by atoms with E-state index in [0.717, 1.165) is 11.0 Å². The van der Waals surface area contributed by atoms with Crippen molar-refractivity contribution in [3.05, 3.63) is 33.8 Å². The monoisotopic (exact) mass is 297 g/mol. The van der Waals surface area contributed by atoms with Gasteiger partial charge in [0.2, 0.25) is 0 Å². The predicted octanol–water partition coefficient (Wildman–Crippen LogP) is 4.84. The van der Waals surface area contributed by atoms with Crippen molar-refractivity contribution >= 4 is 15.9 Å². The van der Waals surface area contributed by atoms with Gasteiger partial charge in [-0.1, -0.05) is 49.2 Å². The number of hydrogen-bond acceptors (Lipinski definition) is 1. The first-order valence-electron chi connectivity index (χ1n) is 6.59. The van der Waals surface area contributed by atoms with Crippen molar-refractivity contribution in [1.29, 1.82) is 0 Å². The van der Waals surface area contributed by atoms with Gasteiger partial charge in [-0.15, -0.1) is 0 Å². The zero-order valence-corrected chi connectivity index (χ0v) is 13.0. The van der Waals surface area contributed by atoms with Crippen LogP contribution < -0.4 is 5.32 Å². The zero-order valence-electron chi connectivity index (χ0n) is 11.4. The molecule has 0 bridgehead atoms. The topological polar surface area (TPSA) is 12.0 Å². The number of nitrogens with one attached hydrogen (secondary N) is 1. The Bertz CT molecular complexity index is 349. The molecular weight excluding hydrogens is 274 g/mol. The van der Waals surface area contributed by atoms with Crippen molar-refractivity contribution in [2.24, 2.45) is 5.92 Å². The second-order valence-corrected chi connectivity index (χ2v) is 5.73. The van der Waals surface area contributed by atoms with E-state index in [9.17, 15) is 0 Å². The molecule has 17 heavy (non-hydrogen) atoms. The van der Waals surface area contributed by atoms with Crippen LogP contribution in [0, 0.1) is 12.8 Å². The minimum absolute atomic E-state index is 0.480. The van der Waals surface area contributed by atoms with E-state index in [-0.39, 0.29) is 0 Å². The van der Waals surface area contributed by atoms with E-state index in [1.807, 2.05) is 0 Å². The third-order valence-electron chi connectivity index (χ3n) is 3.39. The highest BCUT2D eigenvalue weighted by Gasteiger charge is 2.18. The van der Waals surface area contributed by atoms with E-state index >= 15 is 0 Å². The van der Waals surface area contributed by atoms with Crippen molar-refractivity contribution in [3.8, 4) is 0 Å². The average Bonchev–Trinajstić information content (AvgIpc) is 2.31. The smallest absolute Gasteiger partial charge is 0.0348 e. The Labute approximate surface area is 114 Å². The number of benzene rings is 1. The number of hydrogen-bond donors (Lipinski definition) is 1. The van der Waals surface area contributed by atoms with Gasteiger partial charge in [-0.05, 0) is 49.1 Å². The fourth-order valence-corrected chi connectivity index (χ4v) is 2.62. The lowest BCUT2D eigenvalue weighted by molar-refractivity contribution is 0.376. The zero-order chi connectivity index (χ0) is 12.8. The number of rotatable bonds is 6. The van der Waals surface area contributed by atoms with Crippen LogP contribution in [0.5, 0.6) is 0 Å². The molecule has 0 amide bonds. The average molecular weight is 298 g/mol. The molecule has 1 nitrogen and oxygen atoms in total. The molecule has 0 radical (unpaired) electrons. The van der Waals surface area contributed by atoms with Gasteiger partial charge in [0, 0.05) is 10.5 Å². The lowest BCUT2D eigenvalue weighted by atomic mass is 9.90. The maximum atomic E-state index is 3.68. The summed E-state index contributed by atoms with van der Waals surface area (Å²) in [5.74, 6) is 0.668. The summed E-state index contributed by atoms with van der Waals surface area (Å²) in [6, 6.07) is 7.08. The molecule has 1 aromatic rings. The quantitative estimate of drug-likeness (QED) is 0.792. The van der Waals surface area contributed by atoms with E-state index in [4.69, 9.17) is 0 Å². The molecule has 1 N–H and O–H groups in total. The lowest BCUT2D eigenvalue weighted by Gasteiger charge is -2.26. The molecule has 2 atom stereocenters. The molecule has 1 rings (SSSR count). The molecule has 0 saturated heterocycles. The minimum atomic E-state index is 0.480. The van der Waals surface area contributed by atoms with Gasteiger partial charge < -0.3 is 5.32 Å². The standard InChI is InChI=1S/C15H24BrN/c1-5-9-17-15(11(3)6-2)14-8-7-13(16)10-12(14)4/h7-8,10-11,15,17H,5-6,9H2,1-4H3. The second kappa shape index (κ2) is 7.17. The van der Waals surface area contributed by atoms with Crippen LogP contribution in [0.1, 0.15) is 50.8 Å². The summed E-state index contributed by atoms with van der Waals surface area (Å²) < 4.78 is 1.16. The summed E-state index contributed by atoms with van der Waals surface area (Å²) >= 11 is 3.53. The molecule has 0 saturated carbocycles. The Balaban J connectivity index is 2.95. The van der Waals surface area contributed by atoms with E-state index in [2.05, 4.69) is 67.1 Å². The van der Waals surface area contributed by atoms with Crippen molar-refractivity contribution in [2.45, 2.75) is 46.6 Å². The maximum absolute atomic E-state index is 3.68. The fourth-order valence-electron chi connectivity index (χ4n) is 2.14. The minimum Gasteiger partial charge on any atom is -0.310 e. The third kappa shape index (κ3) is 4.11. The highest BCUT2D eigenvalue weighted by molar-refractivity contribution is 9.10. The molecule has 0 aliphatic rings. The van der Waals surface area contributed by atoms with Crippen LogP contribution in [0.3, 0.4) is 0 Å². The number of halogens is 1. The molecule has 0 spiro atoms. The van der Waals surface area contributed by atoms with Gasteiger partial charge in [0.15, 0.2) is 0 Å². The molecule has 0 heterocycles. The molecule has 96 valence electrons. The maximum Gasteiger partial charge on any atom is 0.0348 e. The van der Waals surface area contributed by atoms with Gasteiger partial charge in [-0.3, -0.25) is 0 Å². The van der Waals surface area contributed by atoms with Crippen LogP contribution in [0.25, 0.3) is 0 Å². The molecule has 0 aliphatic heterocycles. The summed E-state index contributed by atoms with van der Waals surface area (Å²) in [4.78, 5) is 0. The first kappa shape index (κ1) is 14.7. The Morgan fingerprint density at radius 2 is 2.00 bits per heavy atom. The van der Waals surface area contributed by atoms with Crippen LogP contribution in [0.15, 0.2) is 22.7 Å². The van der Waals surface area contributed by atoms with Crippen LogP contribution in [0.2, 0.25) is 0 Å². The van der Waals surface area contributed by atoms with Crippen molar-refractivity contribution in [1.82, 2.24) is 5.32 Å². The van der Waals surface area contributed by atoms with Gasteiger partial charge in [-0.2, -0.15) is 0 Å². The largest absolute Gasteiger partial charge is 0.310 e. The van der Waals surface area contributed by atoms with Crippen molar-refractivity contribution in [3.63, 3.8) is 0 Å². The summed E-state index contributed by atoms with van der Waals surface area (Å²) in [7, 11) is 0. The van der Waals surface area contributed by atoms with Gasteiger partial charge in [-0.25, -0.2) is 0 Å². The van der Waals surface area contributed by atoms with Crippen LogP contribution in [0.4, 0.5) is 0 Å². The van der Waals surface area contributed by atoms with Gasteiger partial charge in [0.1, 0.15) is 0 Å². The molecule has 1 aromatic carbocycles. The van der Waals surface area contributed by atoms with Crippen LogP contribution in [-0.4, -0.2) is 6.54 Å². The van der Waals surface area contributed by atoms with Crippen molar-refractivity contribution < 1.29 is 0 Å². The third-order valence-corrected chi connectivity index (χ3v) is 3.89. The lowest BCUT2D eigenvalue weighted by Crippen LogP contribution is -2.28. The van der Waals surface area contributed by atoms with E-state index in [1.165, 1.54) is 24.0 Å². The van der Waals surface area contributed by atoms with Gasteiger partial charge >= 0.3 is 0 Å². The molecule has 0 fully saturated rings. The van der Waals surface area contributed by atoms with E-state index in [1.54, 1.807) is 0 Å². The van der Waals surface area contributed by atoms with Crippen LogP contribution in [-0.2, 0) is 0 Å². The van der Waals surface area contributed by atoms with E-state index < -0.39 is 0 Å². The first-order chi connectivity index (χ1) is 8.10. The summed E-state index contributed by atoms with van der Waals surface area (Å²) in [6.07, 6.45) is 2.39. The SMILES string of the molecule is CCCNC(c1ccc(Br)cc1C)C(C)CC. The Hall–Kier alpha value is -0.340. The van der Waals surface area contributed by atoms with Gasteiger partial charge in [0.05, 0.1) is 0 Å². The fraction of sp³-hybridized carbons (Fsp3) is 0.600.